The van der Waals surface area contributed by atoms with Gasteiger partial charge in [-0.3, -0.25) is 9.52 Å². The average molecular weight is 549 g/mol. The second kappa shape index (κ2) is 11.3. The van der Waals surface area contributed by atoms with Gasteiger partial charge in [-0.1, -0.05) is 13.8 Å². The molecule has 0 bridgehead atoms. The molecule has 3 rings (SSSR count). The Balaban J connectivity index is 1.66. The predicted octanol–water partition coefficient (Wildman–Crippen LogP) is 4.73. The predicted molar refractivity (Wildman–Crippen MR) is 133 cm³/mol. The first kappa shape index (κ1) is 25.4. The minimum atomic E-state index is -3.93. The van der Waals surface area contributed by atoms with Crippen LogP contribution in [0.2, 0.25) is 0 Å². The van der Waals surface area contributed by atoms with Gasteiger partial charge in [-0.05, 0) is 70.7 Å². The fourth-order valence-corrected chi connectivity index (χ4v) is 4.32. The molecule has 9 nitrogen and oxygen atoms in total. The summed E-state index contributed by atoms with van der Waals surface area (Å²) in [6, 6.07) is 10.8. The molecule has 0 saturated carbocycles. The second-order valence-electron chi connectivity index (χ2n) is 7.67. The molecule has 0 atom stereocenters. The normalized spacial score (nSPS) is 11.2. The summed E-state index contributed by atoms with van der Waals surface area (Å²) in [5.74, 6) is 0.893. The van der Waals surface area contributed by atoms with Crippen molar-refractivity contribution < 1.29 is 22.7 Å². The monoisotopic (exact) mass is 548 g/mol. The van der Waals surface area contributed by atoms with Gasteiger partial charge in [0.25, 0.3) is 21.8 Å². The number of sulfonamides is 1. The maximum atomic E-state index is 12.7. The summed E-state index contributed by atoms with van der Waals surface area (Å²) in [6.07, 6.45) is 3.67. The first-order valence-electron chi connectivity index (χ1n) is 10.4. The Kier molecular flexibility index (Phi) is 8.46. The molecule has 180 valence electrons. The van der Waals surface area contributed by atoms with Crippen molar-refractivity contribution in [2.45, 2.75) is 25.2 Å². The third-order valence-electron chi connectivity index (χ3n) is 4.66. The smallest absolute Gasteiger partial charge is 0.263 e. The Morgan fingerprint density at radius 1 is 1.09 bits per heavy atom. The summed E-state index contributed by atoms with van der Waals surface area (Å²) in [5, 5.41) is 2.75. The molecule has 0 fully saturated rings. The molecule has 1 amide bonds. The van der Waals surface area contributed by atoms with E-state index >= 15 is 0 Å². The van der Waals surface area contributed by atoms with Crippen LogP contribution >= 0.6 is 15.9 Å². The van der Waals surface area contributed by atoms with E-state index in [-0.39, 0.29) is 22.5 Å². The number of amides is 1. The van der Waals surface area contributed by atoms with Crippen LogP contribution in [0.25, 0.3) is 0 Å². The van der Waals surface area contributed by atoms with Gasteiger partial charge in [0, 0.05) is 23.6 Å². The van der Waals surface area contributed by atoms with E-state index < -0.39 is 10.0 Å². The van der Waals surface area contributed by atoms with Crippen LogP contribution in [-0.2, 0) is 10.0 Å². The standard InChI is InChI=1S/C23H25BrN4O5S/c1-15(2)10-13-33-20-9-4-16(14-19(20)24)22(29)27-17-5-7-18(8-6-17)34(30,31)28-21-23(32-3)26-12-11-25-21/h4-9,11-12,14-15H,10,13H2,1-3H3,(H,25,28)(H,27,29). The molecule has 0 spiro atoms. The molecule has 34 heavy (non-hydrogen) atoms. The molecule has 3 aromatic rings. The topological polar surface area (TPSA) is 120 Å². The van der Waals surface area contributed by atoms with E-state index in [0.29, 0.717) is 34.0 Å². The summed E-state index contributed by atoms with van der Waals surface area (Å²) >= 11 is 3.44. The zero-order valence-electron chi connectivity index (χ0n) is 18.9. The molecule has 2 aromatic carbocycles. The lowest BCUT2D eigenvalue weighted by Crippen LogP contribution is -2.15. The molecule has 2 N–H and O–H groups in total. The molecule has 1 heterocycles. The molecule has 0 aliphatic carbocycles. The van der Waals surface area contributed by atoms with E-state index in [1.165, 1.54) is 43.8 Å². The van der Waals surface area contributed by atoms with Gasteiger partial charge >= 0.3 is 0 Å². The Labute approximate surface area is 207 Å². The number of nitrogens with zero attached hydrogens (tertiary/aromatic N) is 2. The Morgan fingerprint density at radius 3 is 2.44 bits per heavy atom. The van der Waals surface area contributed by atoms with E-state index in [9.17, 15) is 13.2 Å². The lowest BCUT2D eigenvalue weighted by atomic mass is 10.1. The van der Waals surface area contributed by atoms with Gasteiger partial charge in [0.2, 0.25) is 5.82 Å². The lowest BCUT2D eigenvalue weighted by molar-refractivity contribution is 0.102. The van der Waals surface area contributed by atoms with Gasteiger partial charge in [-0.2, -0.15) is 0 Å². The van der Waals surface area contributed by atoms with Crippen molar-refractivity contribution in [1.82, 2.24) is 9.97 Å². The van der Waals surface area contributed by atoms with Crippen LogP contribution in [-0.4, -0.2) is 38.0 Å². The number of methoxy groups -OCH3 is 1. The number of halogens is 1. The number of carbonyl (C=O) groups is 1. The molecule has 11 heteroatoms. The summed E-state index contributed by atoms with van der Waals surface area (Å²) in [6.45, 7) is 4.84. The van der Waals surface area contributed by atoms with Gasteiger partial charge in [0.05, 0.1) is 23.1 Å². The van der Waals surface area contributed by atoms with E-state index in [0.717, 1.165) is 6.42 Å². The van der Waals surface area contributed by atoms with Gasteiger partial charge in [0.15, 0.2) is 0 Å². The minimum Gasteiger partial charge on any atom is -0.492 e. The highest BCUT2D eigenvalue weighted by molar-refractivity contribution is 9.10. The first-order chi connectivity index (χ1) is 16.2. The van der Waals surface area contributed by atoms with Crippen LogP contribution in [0.3, 0.4) is 0 Å². The number of aromatic nitrogens is 2. The number of carbonyl (C=O) groups excluding carboxylic acids is 1. The van der Waals surface area contributed by atoms with Crippen LogP contribution in [0.5, 0.6) is 11.6 Å². The van der Waals surface area contributed by atoms with Crippen LogP contribution in [0.15, 0.2) is 64.2 Å². The fourth-order valence-electron chi connectivity index (χ4n) is 2.82. The summed E-state index contributed by atoms with van der Waals surface area (Å²) in [7, 11) is -2.57. The minimum absolute atomic E-state index is 0.0103. The maximum Gasteiger partial charge on any atom is 0.263 e. The van der Waals surface area contributed by atoms with Crippen molar-refractivity contribution in [3.8, 4) is 11.6 Å². The van der Waals surface area contributed by atoms with Crippen LogP contribution < -0.4 is 19.5 Å². The Bertz CT molecular complexity index is 1250. The van der Waals surface area contributed by atoms with Crippen LogP contribution in [0.1, 0.15) is 30.6 Å². The van der Waals surface area contributed by atoms with Gasteiger partial charge in [-0.25, -0.2) is 18.4 Å². The molecule has 0 aliphatic rings. The molecule has 0 aliphatic heterocycles. The van der Waals surface area contributed by atoms with Crippen molar-refractivity contribution >= 4 is 43.4 Å². The first-order valence-corrected chi connectivity index (χ1v) is 12.7. The highest BCUT2D eigenvalue weighted by Gasteiger charge is 2.18. The molecule has 0 saturated heterocycles. The van der Waals surface area contributed by atoms with Crippen molar-refractivity contribution in [2.75, 3.05) is 23.8 Å². The highest BCUT2D eigenvalue weighted by Crippen LogP contribution is 2.27. The number of ether oxygens (including phenoxy) is 2. The fraction of sp³-hybridized carbons (Fsp3) is 0.261. The number of benzene rings is 2. The summed E-state index contributed by atoms with van der Waals surface area (Å²) in [5.41, 5.74) is 0.866. The van der Waals surface area contributed by atoms with E-state index in [1.807, 2.05) is 0 Å². The Morgan fingerprint density at radius 2 is 1.79 bits per heavy atom. The number of hydrogen-bond acceptors (Lipinski definition) is 7. The van der Waals surface area contributed by atoms with Crippen molar-refractivity contribution in [2.24, 2.45) is 5.92 Å². The van der Waals surface area contributed by atoms with Crippen molar-refractivity contribution in [3.63, 3.8) is 0 Å². The molecular weight excluding hydrogens is 524 g/mol. The van der Waals surface area contributed by atoms with E-state index in [2.05, 4.69) is 49.8 Å². The average Bonchev–Trinajstić information content (AvgIpc) is 2.80. The molecule has 1 aromatic heterocycles. The van der Waals surface area contributed by atoms with Crippen LogP contribution in [0.4, 0.5) is 11.5 Å². The Hall–Kier alpha value is -3.18. The van der Waals surface area contributed by atoms with Gasteiger partial charge in [-0.15, -0.1) is 0 Å². The van der Waals surface area contributed by atoms with E-state index in [1.54, 1.807) is 18.2 Å². The zero-order chi connectivity index (χ0) is 24.7. The molecule has 0 unspecified atom stereocenters. The third kappa shape index (κ3) is 6.67. The number of anilines is 2. The number of nitrogens with one attached hydrogen (secondary N) is 2. The molecule has 0 radical (unpaired) electrons. The van der Waals surface area contributed by atoms with Gasteiger partial charge in [0.1, 0.15) is 5.75 Å². The number of rotatable bonds is 10. The van der Waals surface area contributed by atoms with Crippen molar-refractivity contribution in [1.29, 1.82) is 0 Å². The summed E-state index contributed by atoms with van der Waals surface area (Å²) < 4.78 is 39.1. The summed E-state index contributed by atoms with van der Waals surface area (Å²) in [4.78, 5) is 20.5. The quantitative estimate of drug-likeness (QED) is 0.375. The zero-order valence-corrected chi connectivity index (χ0v) is 21.3. The van der Waals surface area contributed by atoms with Crippen molar-refractivity contribution in [3.05, 3.63) is 64.9 Å². The van der Waals surface area contributed by atoms with Gasteiger partial charge < -0.3 is 14.8 Å². The highest BCUT2D eigenvalue weighted by atomic mass is 79.9. The van der Waals surface area contributed by atoms with E-state index in [4.69, 9.17) is 9.47 Å². The SMILES string of the molecule is COc1nccnc1NS(=O)(=O)c1ccc(NC(=O)c2ccc(OCCC(C)C)c(Br)c2)cc1. The third-order valence-corrected chi connectivity index (χ3v) is 6.63. The number of hydrogen-bond donors (Lipinski definition) is 2. The second-order valence-corrected chi connectivity index (χ2v) is 10.2. The van der Waals surface area contributed by atoms with Crippen LogP contribution in [0, 0.1) is 5.92 Å². The maximum absolute atomic E-state index is 12.7. The lowest BCUT2D eigenvalue weighted by Gasteiger charge is -2.12. The molecular formula is C23H25BrN4O5S. The largest absolute Gasteiger partial charge is 0.492 e.